The van der Waals surface area contributed by atoms with Crippen molar-refractivity contribution in [3.63, 3.8) is 0 Å². The second-order valence-electron chi connectivity index (χ2n) is 3.81. The summed E-state index contributed by atoms with van der Waals surface area (Å²) in [4.78, 5) is 0. The summed E-state index contributed by atoms with van der Waals surface area (Å²) in [5.74, 6) is 0.792. The van der Waals surface area contributed by atoms with Gasteiger partial charge in [-0.15, -0.1) is 0 Å². The van der Waals surface area contributed by atoms with Crippen LogP contribution < -0.4 is 5.32 Å². The van der Waals surface area contributed by atoms with Gasteiger partial charge in [0.05, 0.1) is 0 Å². The average Bonchev–Trinajstić information content (AvgIpc) is 2.27. The van der Waals surface area contributed by atoms with Gasteiger partial charge < -0.3 is 5.32 Å². The smallest absolute Gasteiger partial charge is 0.0371 e. The van der Waals surface area contributed by atoms with Crippen LogP contribution in [0.25, 0.3) is 0 Å². The number of hydrogen-bond acceptors (Lipinski definition) is 1. The van der Waals surface area contributed by atoms with Crippen LogP contribution in [0.4, 0.5) is 0 Å². The van der Waals surface area contributed by atoms with Crippen LogP contribution in [0.2, 0.25) is 0 Å². The summed E-state index contributed by atoms with van der Waals surface area (Å²) in [5, 5.41) is 3.49. The molecule has 1 fully saturated rings. The van der Waals surface area contributed by atoms with E-state index in [0.717, 1.165) is 5.92 Å². The summed E-state index contributed by atoms with van der Waals surface area (Å²) >= 11 is 0. The van der Waals surface area contributed by atoms with Crippen molar-refractivity contribution in [1.82, 2.24) is 5.32 Å². The molecule has 0 aliphatic carbocycles. The maximum atomic E-state index is 3.98. The van der Waals surface area contributed by atoms with Gasteiger partial charge in [-0.1, -0.05) is 26.8 Å². The first kappa shape index (κ1) is 8.63. The van der Waals surface area contributed by atoms with Gasteiger partial charge in [0.25, 0.3) is 0 Å². The van der Waals surface area contributed by atoms with E-state index >= 15 is 0 Å². The molecule has 1 nitrogen and oxygen atoms in total. The van der Waals surface area contributed by atoms with Crippen molar-refractivity contribution in [3.05, 3.63) is 12.3 Å². The first-order valence-corrected chi connectivity index (χ1v) is 4.58. The summed E-state index contributed by atoms with van der Waals surface area (Å²) in [5.41, 5.74) is 1.55. The van der Waals surface area contributed by atoms with E-state index < -0.39 is 0 Å². The summed E-state index contributed by atoms with van der Waals surface area (Å²) < 4.78 is 0. The second-order valence-corrected chi connectivity index (χ2v) is 3.81. The highest BCUT2D eigenvalue weighted by Gasteiger charge is 2.36. The van der Waals surface area contributed by atoms with Gasteiger partial charge in [-0.2, -0.15) is 0 Å². The molecule has 64 valence electrons. The summed E-state index contributed by atoms with van der Waals surface area (Å²) in [6.45, 7) is 10.8. The van der Waals surface area contributed by atoms with Crippen LogP contribution in [0.3, 0.4) is 0 Å². The number of nitrogens with one attached hydrogen (secondary N) is 1. The molecule has 1 rings (SSSR count). The van der Waals surface area contributed by atoms with E-state index in [0.29, 0.717) is 5.54 Å². The van der Waals surface area contributed by atoms with E-state index in [2.05, 4.69) is 32.7 Å². The maximum absolute atomic E-state index is 3.98. The minimum atomic E-state index is 0.325. The molecule has 0 amide bonds. The van der Waals surface area contributed by atoms with Gasteiger partial charge >= 0.3 is 0 Å². The Morgan fingerprint density at radius 1 is 1.64 bits per heavy atom. The molecule has 11 heavy (non-hydrogen) atoms. The van der Waals surface area contributed by atoms with Crippen molar-refractivity contribution in [3.8, 4) is 0 Å². The molecule has 1 N–H and O–H groups in total. The van der Waals surface area contributed by atoms with Crippen molar-refractivity contribution < 1.29 is 0 Å². The fourth-order valence-electron chi connectivity index (χ4n) is 2.05. The van der Waals surface area contributed by atoms with E-state index in [-0.39, 0.29) is 0 Å². The quantitative estimate of drug-likeness (QED) is 0.643. The minimum Gasteiger partial charge on any atom is -0.383 e. The van der Waals surface area contributed by atoms with Gasteiger partial charge in [-0.05, 0) is 25.7 Å². The van der Waals surface area contributed by atoms with Crippen LogP contribution in [-0.2, 0) is 0 Å². The third kappa shape index (κ3) is 1.42. The number of hydrogen-bond donors (Lipinski definition) is 1. The summed E-state index contributed by atoms with van der Waals surface area (Å²) in [6.07, 6.45) is 3.63. The highest BCUT2D eigenvalue weighted by molar-refractivity contribution is 5.11. The molecule has 1 aliphatic rings. The third-order valence-electron chi connectivity index (χ3n) is 3.08. The lowest BCUT2D eigenvalue weighted by atomic mass is 9.83. The molecule has 0 spiro atoms. The zero-order valence-corrected chi connectivity index (χ0v) is 7.91. The Labute approximate surface area is 69.9 Å². The van der Waals surface area contributed by atoms with Crippen molar-refractivity contribution in [2.24, 2.45) is 5.92 Å². The molecule has 1 heteroatoms. The summed E-state index contributed by atoms with van der Waals surface area (Å²) in [7, 11) is 0. The van der Waals surface area contributed by atoms with Crippen LogP contribution >= 0.6 is 0 Å². The van der Waals surface area contributed by atoms with Crippen LogP contribution in [0.1, 0.15) is 40.0 Å². The lowest BCUT2D eigenvalue weighted by molar-refractivity contribution is 0.288. The minimum absolute atomic E-state index is 0.325. The predicted octanol–water partition coefficient (Wildman–Crippen LogP) is 2.69. The standard InChI is InChI=1S/C10H19N/c1-5-9-7-8(3)11-10(9,4)6-2/h9,11H,3,5-7H2,1-2,4H3. The molecule has 2 atom stereocenters. The van der Waals surface area contributed by atoms with Gasteiger partial charge in [-0.3, -0.25) is 0 Å². The molecule has 0 aromatic rings. The predicted molar refractivity (Wildman–Crippen MR) is 49.4 cm³/mol. The van der Waals surface area contributed by atoms with Crippen molar-refractivity contribution in [1.29, 1.82) is 0 Å². The van der Waals surface area contributed by atoms with E-state index in [4.69, 9.17) is 0 Å². The molecule has 0 bridgehead atoms. The van der Waals surface area contributed by atoms with Gasteiger partial charge in [0.2, 0.25) is 0 Å². The van der Waals surface area contributed by atoms with Gasteiger partial charge in [0, 0.05) is 11.2 Å². The Morgan fingerprint density at radius 3 is 2.64 bits per heavy atom. The first-order chi connectivity index (χ1) is 5.12. The SMILES string of the molecule is C=C1CC(CC)C(C)(CC)N1. The van der Waals surface area contributed by atoms with Crippen LogP contribution in [0, 0.1) is 5.92 Å². The van der Waals surface area contributed by atoms with E-state index in [1.165, 1.54) is 25.0 Å². The molecule has 1 aliphatic heterocycles. The number of rotatable bonds is 2. The zero-order valence-electron chi connectivity index (χ0n) is 7.91. The monoisotopic (exact) mass is 153 g/mol. The van der Waals surface area contributed by atoms with E-state index in [1.807, 2.05) is 0 Å². The number of allylic oxidation sites excluding steroid dienone is 1. The maximum Gasteiger partial charge on any atom is 0.0371 e. The lowest BCUT2D eigenvalue weighted by Gasteiger charge is -2.29. The molecular formula is C10H19N. The van der Waals surface area contributed by atoms with Gasteiger partial charge in [0.15, 0.2) is 0 Å². The highest BCUT2D eigenvalue weighted by atomic mass is 15.0. The second kappa shape index (κ2) is 2.88. The third-order valence-corrected chi connectivity index (χ3v) is 3.08. The Bertz CT molecular complexity index is 162. The first-order valence-electron chi connectivity index (χ1n) is 4.58. The van der Waals surface area contributed by atoms with Crippen molar-refractivity contribution >= 4 is 0 Å². The van der Waals surface area contributed by atoms with Crippen LogP contribution in [0.15, 0.2) is 12.3 Å². The normalized spacial score (nSPS) is 37.4. The van der Waals surface area contributed by atoms with Crippen LogP contribution in [0.5, 0.6) is 0 Å². The Kier molecular flexibility index (Phi) is 2.26. The van der Waals surface area contributed by atoms with Gasteiger partial charge in [-0.25, -0.2) is 0 Å². The Balaban J connectivity index is 2.71. The van der Waals surface area contributed by atoms with Crippen LogP contribution in [-0.4, -0.2) is 5.54 Å². The largest absolute Gasteiger partial charge is 0.383 e. The Hall–Kier alpha value is -0.460. The average molecular weight is 153 g/mol. The zero-order chi connectivity index (χ0) is 8.48. The molecular weight excluding hydrogens is 134 g/mol. The van der Waals surface area contributed by atoms with Crippen molar-refractivity contribution in [2.45, 2.75) is 45.6 Å². The van der Waals surface area contributed by atoms with Crippen molar-refractivity contribution in [2.75, 3.05) is 0 Å². The van der Waals surface area contributed by atoms with E-state index in [9.17, 15) is 0 Å². The lowest BCUT2D eigenvalue weighted by Crippen LogP contribution is -2.40. The Morgan fingerprint density at radius 2 is 2.27 bits per heavy atom. The molecule has 0 radical (unpaired) electrons. The summed E-state index contributed by atoms with van der Waals surface area (Å²) in [6, 6.07) is 0. The highest BCUT2D eigenvalue weighted by Crippen LogP contribution is 2.35. The molecule has 0 aromatic carbocycles. The molecule has 0 saturated carbocycles. The fourth-order valence-corrected chi connectivity index (χ4v) is 2.05. The topological polar surface area (TPSA) is 12.0 Å². The van der Waals surface area contributed by atoms with E-state index in [1.54, 1.807) is 0 Å². The molecule has 0 aromatic heterocycles. The molecule has 1 saturated heterocycles. The molecule has 1 heterocycles. The van der Waals surface area contributed by atoms with Gasteiger partial charge in [0.1, 0.15) is 0 Å². The molecule has 2 unspecified atom stereocenters. The fraction of sp³-hybridized carbons (Fsp3) is 0.800.